The molecule has 0 aliphatic carbocycles. The molecule has 0 aromatic heterocycles. The molecule has 0 saturated carbocycles. The van der Waals surface area contributed by atoms with Gasteiger partial charge in [0.1, 0.15) is 6.10 Å². The Kier molecular flexibility index (Phi) is 4.54. The van der Waals surface area contributed by atoms with Crippen molar-refractivity contribution in [3.05, 3.63) is 65.7 Å². The SMILES string of the molecule is O=S(=O)(Nc1cccc(C(O)c2ccccc2)c1)C(F)F. The molecule has 112 valence electrons. The summed E-state index contributed by atoms with van der Waals surface area (Å²) in [6.07, 6.45) is -0.970. The molecule has 1 atom stereocenters. The number of aliphatic hydroxyl groups is 1. The number of anilines is 1. The molecule has 0 saturated heterocycles. The van der Waals surface area contributed by atoms with Gasteiger partial charge in [-0.3, -0.25) is 4.72 Å². The molecular formula is C14H13F2NO3S. The third kappa shape index (κ3) is 3.77. The first kappa shape index (κ1) is 15.4. The highest BCUT2D eigenvalue weighted by Crippen LogP contribution is 2.24. The van der Waals surface area contributed by atoms with E-state index in [-0.39, 0.29) is 5.69 Å². The predicted molar refractivity (Wildman–Crippen MR) is 75.5 cm³/mol. The number of benzene rings is 2. The zero-order chi connectivity index (χ0) is 15.5. The van der Waals surface area contributed by atoms with Crippen LogP contribution in [-0.4, -0.2) is 19.3 Å². The highest BCUT2D eigenvalue weighted by atomic mass is 32.2. The van der Waals surface area contributed by atoms with E-state index in [9.17, 15) is 22.3 Å². The molecule has 0 aliphatic rings. The van der Waals surface area contributed by atoms with Gasteiger partial charge in [-0.25, -0.2) is 8.42 Å². The van der Waals surface area contributed by atoms with Crippen molar-refractivity contribution in [3.8, 4) is 0 Å². The number of halogens is 2. The molecule has 1 unspecified atom stereocenters. The maximum absolute atomic E-state index is 12.3. The van der Waals surface area contributed by atoms with Crippen molar-refractivity contribution in [2.45, 2.75) is 11.9 Å². The topological polar surface area (TPSA) is 66.4 Å². The summed E-state index contributed by atoms with van der Waals surface area (Å²) in [6, 6.07) is 14.4. The molecule has 0 amide bonds. The molecule has 2 N–H and O–H groups in total. The standard InChI is InChI=1S/C14H13F2NO3S/c15-14(16)21(19,20)17-12-8-4-7-11(9-12)13(18)10-5-2-1-3-6-10/h1-9,13-14,17-18H. The maximum Gasteiger partial charge on any atom is 0.355 e. The van der Waals surface area contributed by atoms with Crippen LogP contribution < -0.4 is 4.72 Å². The van der Waals surface area contributed by atoms with Crippen molar-refractivity contribution in [3.63, 3.8) is 0 Å². The minimum absolute atomic E-state index is 0.0252. The lowest BCUT2D eigenvalue weighted by Gasteiger charge is -2.13. The monoisotopic (exact) mass is 313 g/mol. The summed E-state index contributed by atoms with van der Waals surface area (Å²) < 4.78 is 48.7. The van der Waals surface area contributed by atoms with E-state index in [1.165, 1.54) is 18.2 Å². The molecule has 0 bridgehead atoms. The van der Waals surface area contributed by atoms with Gasteiger partial charge in [-0.15, -0.1) is 0 Å². The van der Waals surface area contributed by atoms with Crippen molar-refractivity contribution in [1.29, 1.82) is 0 Å². The van der Waals surface area contributed by atoms with Crippen molar-refractivity contribution in [2.75, 3.05) is 4.72 Å². The Morgan fingerprint density at radius 3 is 2.19 bits per heavy atom. The Hall–Kier alpha value is -1.99. The number of aliphatic hydroxyl groups excluding tert-OH is 1. The summed E-state index contributed by atoms with van der Waals surface area (Å²) in [7, 11) is -4.72. The molecule has 0 aliphatic heterocycles. The molecule has 2 aromatic rings. The third-order valence-corrected chi connectivity index (χ3v) is 3.80. The van der Waals surface area contributed by atoms with Gasteiger partial charge in [-0.1, -0.05) is 42.5 Å². The minimum atomic E-state index is -4.72. The van der Waals surface area contributed by atoms with E-state index in [2.05, 4.69) is 0 Å². The highest BCUT2D eigenvalue weighted by Gasteiger charge is 2.24. The highest BCUT2D eigenvalue weighted by molar-refractivity contribution is 7.93. The van der Waals surface area contributed by atoms with Crippen LogP contribution in [0.2, 0.25) is 0 Å². The van der Waals surface area contributed by atoms with Gasteiger partial charge in [0.2, 0.25) is 0 Å². The zero-order valence-corrected chi connectivity index (χ0v) is 11.6. The van der Waals surface area contributed by atoms with E-state index in [4.69, 9.17) is 0 Å². The largest absolute Gasteiger partial charge is 0.384 e. The molecule has 2 aromatic carbocycles. The second kappa shape index (κ2) is 6.19. The normalized spacial score (nSPS) is 13.1. The lowest BCUT2D eigenvalue weighted by Crippen LogP contribution is -2.20. The zero-order valence-electron chi connectivity index (χ0n) is 10.8. The van der Waals surface area contributed by atoms with E-state index < -0.39 is 21.9 Å². The number of rotatable bonds is 5. The Morgan fingerprint density at radius 1 is 0.952 bits per heavy atom. The molecule has 7 heteroatoms. The average Bonchev–Trinajstić information content (AvgIpc) is 2.47. The second-order valence-electron chi connectivity index (χ2n) is 4.35. The molecule has 4 nitrogen and oxygen atoms in total. The van der Waals surface area contributed by atoms with Gasteiger partial charge < -0.3 is 5.11 Å². The van der Waals surface area contributed by atoms with E-state index >= 15 is 0 Å². The van der Waals surface area contributed by atoms with Gasteiger partial charge in [0, 0.05) is 5.69 Å². The predicted octanol–water partition coefficient (Wildman–Crippen LogP) is 2.73. The first-order chi connectivity index (χ1) is 9.90. The summed E-state index contributed by atoms with van der Waals surface area (Å²) in [5.74, 6) is -3.51. The maximum atomic E-state index is 12.3. The molecule has 0 fully saturated rings. The Balaban J connectivity index is 2.26. The van der Waals surface area contributed by atoms with Gasteiger partial charge in [0.25, 0.3) is 10.0 Å². The summed E-state index contributed by atoms with van der Waals surface area (Å²) in [4.78, 5) is 0. The summed E-state index contributed by atoms with van der Waals surface area (Å²) >= 11 is 0. The fourth-order valence-electron chi connectivity index (χ4n) is 1.81. The van der Waals surface area contributed by atoms with Gasteiger partial charge in [0.15, 0.2) is 0 Å². The van der Waals surface area contributed by atoms with E-state index in [0.29, 0.717) is 11.1 Å². The van der Waals surface area contributed by atoms with E-state index in [0.717, 1.165) is 0 Å². The lowest BCUT2D eigenvalue weighted by atomic mass is 10.0. The lowest BCUT2D eigenvalue weighted by molar-refractivity contribution is 0.220. The quantitative estimate of drug-likeness (QED) is 0.892. The minimum Gasteiger partial charge on any atom is -0.384 e. The van der Waals surface area contributed by atoms with Gasteiger partial charge >= 0.3 is 5.76 Å². The molecule has 21 heavy (non-hydrogen) atoms. The van der Waals surface area contributed by atoms with Crippen LogP contribution in [0.4, 0.5) is 14.5 Å². The van der Waals surface area contributed by atoms with Gasteiger partial charge in [0.05, 0.1) is 0 Å². The van der Waals surface area contributed by atoms with Crippen molar-refractivity contribution < 1.29 is 22.3 Å². The van der Waals surface area contributed by atoms with Crippen molar-refractivity contribution in [2.24, 2.45) is 0 Å². The Labute approximate surface area is 121 Å². The van der Waals surface area contributed by atoms with E-state index in [1.54, 1.807) is 41.1 Å². The van der Waals surface area contributed by atoms with Crippen LogP contribution in [0.5, 0.6) is 0 Å². The van der Waals surface area contributed by atoms with Gasteiger partial charge in [-0.05, 0) is 23.3 Å². The van der Waals surface area contributed by atoms with Crippen molar-refractivity contribution in [1.82, 2.24) is 0 Å². The first-order valence-electron chi connectivity index (χ1n) is 6.03. The van der Waals surface area contributed by atoms with Crippen LogP contribution >= 0.6 is 0 Å². The smallest absolute Gasteiger partial charge is 0.355 e. The average molecular weight is 313 g/mol. The molecular weight excluding hydrogens is 300 g/mol. The number of nitrogens with one attached hydrogen (secondary N) is 1. The van der Waals surface area contributed by atoms with Crippen molar-refractivity contribution >= 4 is 15.7 Å². The fourth-order valence-corrected chi connectivity index (χ4v) is 2.35. The second-order valence-corrected chi connectivity index (χ2v) is 6.00. The van der Waals surface area contributed by atoms with Crippen LogP contribution in [0.1, 0.15) is 17.2 Å². The summed E-state index contributed by atoms with van der Waals surface area (Å²) in [5, 5.41) is 10.2. The van der Waals surface area contributed by atoms with Crippen LogP contribution in [0.25, 0.3) is 0 Å². The molecule has 2 rings (SSSR count). The fraction of sp³-hybridized carbons (Fsp3) is 0.143. The first-order valence-corrected chi connectivity index (χ1v) is 7.57. The van der Waals surface area contributed by atoms with Crippen LogP contribution in [0.15, 0.2) is 54.6 Å². The van der Waals surface area contributed by atoms with Gasteiger partial charge in [-0.2, -0.15) is 8.78 Å². The number of hydrogen-bond acceptors (Lipinski definition) is 3. The molecule has 0 heterocycles. The Morgan fingerprint density at radius 2 is 1.57 bits per heavy atom. The van der Waals surface area contributed by atoms with Crippen LogP contribution in [0.3, 0.4) is 0 Å². The van der Waals surface area contributed by atoms with Crippen LogP contribution in [-0.2, 0) is 10.0 Å². The van der Waals surface area contributed by atoms with Crippen LogP contribution in [0, 0.1) is 0 Å². The molecule has 0 spiro atoms. The Bertz CT molecular complexity index is 705. The number of sulfonamides is 1. The number of alkyl halides is 2. The number of hydrogen-bond donors (Lipinski definition) is 2. The molecule has 0 radical (unpaired) electrons. The summed E-state index contributed by atoms with van der Waals surface area (Å²) in [5.41, 5.74) is 0.991. The summed E-state index contributed by atoms with van der Waals surface area (Å²) in [6.45, 7) is 0. The van der Waals surface area contributed by atoms with E-state index in [1.807, 2.05) is 0 Å². The third-order valence-electron chi connectivity index (χ3n) is 2.81.